The summed E-state index contributed by atoms with van der Waals surface area (Å²) in [7, 11) is -1.08. The van der Waals surface area contributed by atoms with Gasteiger partial charge in [0.1, 0.15) is 0 Å². The van der Waals surface area contributed by atoms with Crippen LogP contribution in [0, 0.1) is 12.3 Å². The maximum absolute atomic E-state index is 5.40. The lowest BCUT2D eigenvalue weighted by molar-refractivity contribution is 0.661. The fourth-order valence-corrected chi connectivity index (χ4v) is 3.21. The van der Waals surface area contributed by atoms with E-state index in [-0.39, 0.29) is 0 Å². The summed E-state index contributed by atoms with van der Waals surface area (Å²) in [6.07, 6.45) is 12.8. The third kappa shape index (κ3) is 9.81. The van der Waals surface area contributed by atoms with Crippen molar-refractivity contribution in [2.75, 3.05) is 0 Å². The molecule has 1 heteroatoms. The van der Waals surface area contributed by atoms with Gasteiger partial charge >= 0.3 is 0 Å². The van der Waals surface area contributed by atoms with Gasteiger partial charge in [-0.05, 0) is 12.8 Å². The predicted octanol–water partition coefficient (Wildman–Crippen LogP) is 4.78. The van der Waals surface area contributed by atoms with Crippen LogP contribution in [0.1, 0.15) is 45.4 Å². The molecule has 0 rings (SSSR count). The molecule has 0 aromatic heterocycles. The summed E-state index contributed by atoms with van der Waals surface area (Å²) < 4.78 is 0. The minimum absolute atomic E-state index is 0.858. The first kappa shape index (κ1) is 14.5. The normalized spacial score (nSPS) is 12.6. The van der Waals surface area contributed by atoms with E-state index in [9.17, 15) is 0 Å². The van der Waals surface area contributed by atoms with Crippen LogP contribution in [0.4, 0.5) is 0 Å². The fourth-order valence-electron chi connectivity index (χ4n) is 1.73. The molecule has 0 saturated heterocycles. The number of hydrogen-bond acceptors (Lipinski definition) is 0. The summed E-state index contributed by atoms with van der Waals surface area (Å²) in [6.45, 7) is 9.36. The topological polar surface area (TPSA) is 0 Å². The van der Waals surface area contributed by atoms with Crippen LogP contribution in [0.25, 0.3) is 0 Å². The summed E-state index contributed by atoms with van der Waals surface area (Å²) in [5.74, 6) is 2.79. The monoisotopic (exact) mass is 222 g/mol. The minimum Gasteiger partial charge on any atom is -0.120 e. The standard InChI is InChI=1S/C14H26Si/c1-6-8-9-10-12-14(11-7-2)13-15(3,4)5/h2,13H,6,8-12H2,1,3-5H3/b14-13-. The van der Waals surface area contributed by atoms with Crippen molar-refractivity contribution in [1.82, 2.24) is 0 Å². The number of hydrogen-bond donors (Lipinski definition) is 0. The predicted molar refractivity (Wildman–Crippen MR) is 73.6 cm³/mol. The van der Waals surface area contributed by atoms with Crippen molar-refractivity contribution >= 4 is 8.07 Å². The molecule has 0 aromatic rings. The minimum atomic E-state index is -1.08. The van der Waals surface area contributed by atoms with E-state index in [1.165, 1.54) is 37.7 Å². The lowest BCUT2D eigenvalue weighted by Crippen LogP contribution is -2.16. The molecule has 0 spiro atoms. The van der Waals surface area contributed by atoms with Gasteiger partial charge in [0.15, 0.2) is 0 Å². The van der Waals surface area contributed by atoms with E-state index in [1.54, 1.807) is 0 Å². The van der Waals surface area contributed by atoms with Crippen molar-refractivity contribution in [2.24, 2.45) is 0 Å². The Morgan fingerprint density at radius 3 is 2.33 bits per heavy atom. The average molecular weight is 222 g/mol. The third-order valence-electron chi connectivity index (χ3n) is 2.32. The number of terminal acetylenes is 1. The molecule has 15 heavy (non-hydrogen) atoms. The largest absolute Gasteiger partial charge is 0.120 e. The van der Waals surface area contributed by atoms with Gasteiger partial charge in [-0.1, -0.05) is 57.1 Å². The summed E-state index contributed by atoms with van der Waals surface area (Å²) in [5.41, 5.74) is 3.99. The Morgan fingerprint density at radius 1 is 1.20 bits per heavy atom. The highest BCUT2D eigenvalue weighted by molar-refractivity contribution is 6.81. The summed E-state index contributed by atoms with van der Waals surface area (Å²) >= 11 is 0. The van der Waals surface area contributed by atoms with Crippen LogP contribution in [-0.4, -0.2) is 8.07 Å². The van der Waals surface area contributed by atoms with Crippen LogP contribution in [0.2, 0.25) is 19.6 Å². The Hall–Kier alpha value is -0.483. The van der Waals surface area contributed by atoms with E-state index < -0.39 is 8.07 Å². The quantitative estimate of drug-likeness (QED) is 0.330. The van der Waals surface area contributed by atoms with E-state index in [2.05, 4.69) is 38.2 Å². The van der Waals surface area contributed by atoms with Crippen molar-refractivity contribution in [1.29, 1.82) is 0 Å². The number of allylic oxidation sites excluding steroid dienone is 1. The Morgan fingerprint density at radius 2 is 1.87 bits per heavy atom. The van der Waals surface area contributed by atoms with Gasteiger partial charge in [-0.2, -0.15) is 0 Å². The van der Waals surface area contributed by atoms with Crippen molar-refractivity contribution in [3.63, 3.8) is 0 Å². The molecule has 0 atom stereocenters. The zero-order chi connectivity index (χ0) is 11.7. The molecule has 0 heterocycles. The SMILES string of the molecule is C#CC/C(=C/[Si](C)(C)C)CCCCCC. The van der Waals surface area contributed by atoms with Gasteiger partial charge in [0.05, 0.1) is 8.07 Å². The van der Waals surface area contributed by atoms with Crippen molar-refractivity contribution in [2.45, 2.75) is 65.1 Å². The first-order valence-corrected chi connectivity index (χ1v) is 9.71. The second-order valence-electron chi connectivity index (χ2n) is 5.36. The first-order chi connectivity index (χ1) is 6.99. The zero-order valence-corrected chi connectivity index (χ0v) is 11.9. The lowest BCUT2D eigenvalue weighted by Gasteiger charge is -2.13. The molecular formula is C14H26Si. The van der Waals surface area contributed by atoms with Crippen LogP contribution in [0.5, 0.6) is 0 Å². The molecule has 0 radical (unpaired) electrons. The Bertz CT molecular complexity index is 225. The van der Waals surface area contributed by atoms with Gasteiger partial charge in [-0.25, -0.2) is 0 Å². The highest BCUT2D eigenvalue weighted by atomic mass is 28.3. The van der Waals surface area contributed by atoms with E-state index in [0.29, 0.717) is 0 Å². The molecule has 0 bridgehead atoms. The van der Waals surface area contributed by atoms with Crippen LogP contribution >= 0.6 is 0 Å². The van der Waals surface area contributed by atoms with Gasteiger partial charge in [-0.3, -0.25) is 0 Å². The molecule has 0 unspecified atom stereocenters. The zero-order valence-electron chi connectivity index (χ0n) is 10.9. The van der Waals surface area contributed by atoms with Crippen molar-refractivity contribution < 1.29 is 0 Å². The molecule has 0 amide bonds. The average Bonchev–Trinajstić information content (AvgIpc) is 2.10. The maximum atomic E-state index is 5.40. The molecule has 0 aliphatic heterocycles. The molecule has 86 valence electrons. The van der Waals surface area contributed by atoms with Crippen LogP contribution in [-0.2, 0) is 0 Å². The van der Waals surface area contributed by atoms with Gasteiger partial charge in [-0.15, -0.1) is 12.3 Å². The maximum Gasteiger partial charge on any atom is 0.0686 e. The van der Waals surface area contributed by atoms with Gasteiger partial charge < -0.3 is 0 Å². The molecule has 0 saturated carbocycles. The van der Waals surface area contributed by atoms with Crippen LogP contribution in [0.3, 0.4) is 0 Å². The van der Waals surface area contributed by atoms with Gasteiger partial charge in [0.25, 0.3) is 0 Å². The smallest absolute Gasteiger partial charge is 0.0686 e. The van der Waals surface area contributed by atoms with Gasteiger partial charge in [0.2, 0.25) is 0 Å². The Kier molecular flexibility index (Phi) is 7.51. The van der Waals surface area contributed by atoms with Crippen LogP contribution < -0.4 is 0 Å². The third-order valence-corrected chi connectivity index (χ3v) is 3.59. The second-order valence-corrected chi connectivity index (χ2v) is 10.4. The molecular weight excluding hydrogens is 196 g/mol. The van der Waals surface area contributed by atoms with Crippen molar-refractivity contribution in [3.8, 4) is 12.3 Å². The van der Waals surface area contributed by atoms with E-state index in [1.807, 2.05) is 0 Å². The van der Waals surface area contributed by atoms with Crippen molar-refractivity contribution in [3.05, 3.63) is 11.3 Å². The van der Waals surface area contributed by atoms with Crippen LogP contribution in [0.15, 0.2) is 11.3 Å². The van der Waals surface area contributed by atoms with E-state index in [0.717, 1.165) is 6.42 Å². The van der Waals surface area contributed by atoms with Gasteiger partial charge in [0, 0.05) is 6.42 Å². The lowest BCUT2D eigenvalue weighted by atomic mass is 10.1. The molecule has 0 aromatic carbocycles. The summed E-state index contributed by atoms with van der Waals surface area (Å²) in [4.78, 5) is 0. The number of rotatable bonds is 7. The molecule has 0 aliphatic carbocycles. The highest BCUT2D eigenvalue weighted by Gasteiger charge is 2.10. The second kappa shape index (κ2) is 7.76. The molecule has 0 N–H and O–H groups in total. The molecule has 0 nitrogen and oxygen atoms in total. The summed E-state index contributed by atoms with van der Waals surface area (Å²) in [5, 5.41) is 0. The Labute approximate surface area is 97.2 Å². The molecule has 0 aliphatic rings. The number of unbranched alkanes of at least 4 members (excludes halogenated alkanes) is 3. The van der Waals surface area contributed by atoms with E-state index >= 15 is 0 Å². The molecule has 0 fully saturated rings. The van der Waals surface area contributed by atoms with E-state index in [4.69, 9.17) is 6.42 Å². The first-order valence-electron chi connectivity index (χ1n) is 6.13. The summed E-state index contributed by atoms with van der Waals surface area (Å²) in [6, 6.07) is 0. The fraction of sp³-hybridized carbons (Fsp3) is 0.714. The highest BCUT2D eigenvalue weighted by Crippen LogP contribution is 2.16. The Balaban J connectivity index is 4.06.